The maximum atomic E-state index is 14.2. The van der Waals surface area contributed by atoms with Gasteiger partial charge in [-0.05, 0) is 51.1 Å². The summed E-state index contributed by atoms with van der Waals surface area (Å²) in [7, 11) is 2.90. The molecule has 5 atom stereocenters. The van der Waals surface area contributed by atoms with Crippen molar-refractivity contribution in [1.82, 2.24) is 4.90 Å². The Morgan fingerprint density at radius 3 is 2.25 bits per heavy atom. The van der Waals surface area contributed by atoms with E-state index in [2.05, 4.69) is 29.0 Å². The van der Waals surface area contributed by atoms with Gasteiger partial charge in [-0.1, -0.05) is 26.7 Å². The Labute approximate surface area is 318 Å². The van der Waals surface area contributed by atoms with Gasteiger partial charge in [0.25, 0.3) is 5.91 Å². The number of likely N-dealkylation sites (N-methyl/N-ethyl adjacent to an activating group) is 1. The number of unbranched alkanes of at least 4 members (excludes halogenated alkanes) is 2. The highest BCUT2D eigenvalue weighted by Gasteiger charge is 2.67. The van der Waals surface area contributed by atoms with Crippen LogP contribution in [0.3, 0.4) is 0 Å². The molecule has 1 aliphatic heterocycles. The van der Waals surface area contributed by atoms with Gasteiger partial charge in [0.15, 0.2) is 11.4 Å². The molecule has 0 bridgehead atoms. The van der Waals surface area contributed by atoms with Crippen LogP contribution in [-0.4, -0.2) is 119 Å². The van der Waals surface area contributed by atoms with Crippen LogP contribution >= 0.6 is 0 Å². The number of anilines is 1. The van der Waals surface area contributed by atoms with Gasteiger partial charge < -0.3 is 50.4 Å². The molecule has 0 spiro atoms. The molecule has 16 nitrogen and oxygen atoms in total. The van der Waals surface area contributed by atoms with Gasteiger partial charge >= 0.3 is 0 Å². The number of hydrogen-bond acceptors (Lipinski definition) is 15. The molecule has 7 N–H and O–H groups in total. The van der Waals surface area contributed by atoms with Crippen LogP contribution in [0, 0.1) is 11.8 Å². The lowest BCUT2D eigenvalue weighted by atomic mass is 9.56. The van der Waals surface area contributed by atoms with E-state index in [1.54, 1.807) is 6.07 Å². The number of benzene rings is 2. The number of hydrogen-bond donors (Lipinski definition) is 6. The van der Waals surface area contributed by atoms with Crippen molar-refractivity contribution in [2.24, 2.45) is 27.8 Å². The van der Waals surface area contributed by atoms with Crippen LogP contribution in [0.5, 0.6) is 17.2 Å². The number of ether oxygens (including phenoxy) is 3. The highest BCUT2D eigenvalue weighted by molar-refractivity contribution is 6.24. The van der Waals surface area contributed by atoms with Crippen LogP contribution < -0.4 is 20.1 Å². The number of nitrogens with two attached hydrogens (primary N) is 1. The number of phenols is 1. The number of fused-ring (bicyclic) bond motifs is 3. The first kappa shape index (κ1) is 39.7. The van der Waals surface area contributed by atoms with Crippen molar-refractivity contribution < 1.29 is 54.1 Å². The maximum Gasteiger partial charge on any atom is 0.255 e. The number of rotatable bonds is 13. The molecule has 16 heteroatoms. The molecule has 296 valence electrons. The second kappa shape index (κ2) is 16.0. The molecular formula is C39H49N5O11. The highest BCUT2D eigenvalue weighted by atomic mass is 16.5. The fourth-order valence-corrected chi connectivity index (χ4v) is 8.00. The third-order valence-corrected chi connectivity index (χ3v) is 10.8. The number of azo groups is 1. The molecule has 3 aliphatic carbocycles. The van der Waals surface area contributed by atoms with Crippen LogP contribution in [-0.2, 0) is 25.5 Å². The molecule has 1 heterocycles. The minimum atomic E-state index is -3.00. The van der Waals surface area contributed by atoms with Crippen LogP contribution in [0.15, 0.2) is 51.4 Å². The lowest BCUT2D eigenvalue weighted by molar-refractivity contribution is -0.168. The number of nitrogens with zero attached hydrogens (tertiary/aromatic N) is 4. The normalized spacial score (nSPS) is 25.3. The summed E-state index contributed by atoms with van der Waals surface area (Å²) in [4.78, 5) is 43.5. The van der Waals surface area contributed by atoms with Crippen molar-refractivity contribution in [1.29, 1.82) is 0 Å². The molecule has 55 heavy (non-hydrogen) atoms. The summed E-state index contributed by atoms with van der Waals surface area (Å²) in [5.74, 6) is -7.96. The van der Waals surface area contributed by atoms with Gasteiger partial charge in [-0.2, -0.15) is 5.11 Å². The Morgan fingerprint density at radius 2 is 1.64 bits per heavy atom. The lowest BCUT2D eigenvalue weighted by Gasteiger charge is -2.52. The van der Waals surface area contributed by atoms with E-state index in [0.717, 1.165) is 31.4 Å². The standard InChI is InChI=1S/C39H49N5O11/c1-5-7-13-54-26-19-24(44-11-15-53-16-12-44)27(55-14-8-6-2)18-23(26)42-41-22-9-10-25(45)28-20(22)17-21-29(34(28)47)36(49)39(52)31(33(21)46)32(43(3)4)35(48)30(37(39)50)38(40)51/h9-10,18-19,21,31-33,45-47,50,52H,5-8,11-17H2,1-4H3,(H2,40,51)/t21-,31-,32+,33+,39+/m1/s1. The lowest BCUT2D eigenvalue weighted by Crippen LogP contribution is -2.70. The number of aliphatic hydroxyl groups excluding tert-OH is 3. The zero-order chi connectivity index (χ0) is 39.8. The molecule has 4 aliphatic rings. The zero-order valence-electron chi connectivity index (χ0n) is 31.4. The van der Waals surface area contributed by atoms with Crippen molar-refractivity contribution in [2.75, 3.05) is 58.5 Å². The van der Waals surface area contributed by atoms with E-state index in [4.69, 9.17) is 19.9 Å². The van der Waals surface area contributed by atoms with Gasteiger partial charge in [0.1, 0.15) is 40.0 Å². The maximum absolute atomic E-state index is 14.2. The van der Waals surface area contributed by atoms with E-state index in [-0.39, 0.29) is 23.2 Å². The second-order valence-electron chi connectivity index (χ2n) is 14.5. The van der Waals surface area contributed by atoms with Crippen molar-refractivity contribution >= 4 is 40.3 Å². The fourth-order valence-electron chi connectivity index (χ4n) is 8.00. The first-order valence-electron chi connectivity index (χ1n) is 18.6. The summed E-state index contributed by atoms with van der Waals surface area (Å²) < 4.78 is 18.0. The Hall–Kier alpha value is -5.03. The average Bonchev–Trinajstić information content (AvgIpc) is 3.15. The monoisotopic (exact) mass is 763 g/mol. The Balaban J connectivity index is 1.46. The topological polar surface area (TPSA) is 237 Å². The minimum absolute atomic E-state index is 0.187. The first-order valence-corrected chi connectivity index (χ1v) is 18.6. The molecule has 1 saturated heterocycles. The van der Waals surface area contributed by atoms with E-state index in [1.807, 2.05) is 6.07 Å². The molecule has 1 saturated carbocycles. The summed E-state index contributed by atoms with van der Waals surface area (Å²) >= 11 is 0. The Kier molecular flexibility index (Phi) is 11.5. The molecule has 2 aromatic rings. The summed E-state index contributed by atoms with van der Waals surface area (Å²) in [6.45, 7) is 7.50. The molecule has 0 unspecified atom stereocenters. The Morgan fingerprint density at radius 1 is 1.00 bits per heavy atom. The summed E-state index contributed by atoms with van der Waals surface area (Å²) in [6, 6.07) is 4.92. The predicted octanol–water partition coefficient (Wildman–Crippen LogP) is 3.54. The third-order valence-electron chi connectivity index (χ3n) is 10.8. The summed E-state index contributed by atoms with van der Waals surface area (Å²) in [5.41, 5.74) is 2.35. The molecule has 0 aromatic heterocycles. The van der Waals surface area contributed by atoms with Crippen molar-refractivity contribution in [3.63, 3.8) is 0 Å². The van der Waals surface area contributed by atoms with Crippen LogP contribution in [0.1, 0.15) is 50.7 Å². The molecule has 6 rings (SSSR count). The quantitative estimate of drug-likeness (QED) is 0.0974. The fraction of sp³-hybridized carbons (Fsp3) is 0.513. The number of primary amides is 1. The van der Waals surface area contributed by atoms with Gasteiger partial charge in [-0.15, -0.1) is 5.11 Å². The number of aliphatic hydroxyl groups is 4. The number of carbonyl (C=O) groups is 3. The SMILES string of the molecule is CCCCOc1cc(N2CCOCC2)c(OCCCC)cc1N=Nc1ccc(O)c2c1C[C@@H]1C(=C2O)C(=O)[C@]2(O)C(O)=C(C(N)=O)C(=O)[C@@H](N(C)C)[C@@H]2[C@H]1O. The number of phenolic OH excluding ortho intramolecular Hbond substituents is 1. The average molecular weight is 764 g/mol. The molecule has 2 fully saturated rings. The number of ketones is 2. The molecule has 0 radical (unpaired) electrons. The van der Waals surface area contributed by atoms with E-state index < -0.39 is 75.5 Å². The Bertz CT molecular complexity index is 1950. The van der Waals surface area contributed by atoms with Gasteiger partial charge in [0.05, 0.1) is 61.4 Å². The molecule has 2 aromatic carbocycles. The van der Waals surface area contributed by atoms with E-state index in [1.165, 1.54) is 31.1 Å². The summed E-state index contributed by atoms with van der Waals surface area (Å²) in [5, 5.41) is 66.8. The number of carbonyl (C=O) groups excluding carboxylic acids is 3. The number of aromatic hydroxyl groups is 1. The highest BCUT2D eigenvalue weighted by Crippen LogP contribution is 2.54. The first-order chi connectivity index (χ1) is 26.3. The van der Waals surface area contributed by atoms with Gasteiger partial charge in [0, 0.05) is 36.7 Å². The minimum Gasteiger partial charge on any atom is -0.508 e. The van der Waals surface area contributed by atoms with E-state index in [0.29, 0.717) is 56.7 Å². The number of morpholine rings is 1. The van der Waals surface area contributed by atoms with Crippen molar-refractivity contribution in [3.05, 3.63) is 52.3 Å². The third kappa shape index (κ3) is 6.92. The van der Waals surface area contributed by atoms with E-state index in [9.17, 15) is 39.9 Å². The van der Waals surface area contributed by atoms with Crippen molar-refractivity contribution in [3.8, 4) is 17.2 Å². The zero-order valence-corrected chi connectivity index (χ0v) is 31.4. The number of amides is 1. The molecular weight excluding hydrogens is 714 g/mol. The number of Topliss-reactive ketones (excluding diaryl/α,β-unsaturated/α-hetero) is 2. The largest absolute Gasteiger partial charge is 0.508 e. The van der Waals surface area contributed by atoms with E-state index >= 15 is 0 Å². The van der Waals surface area contributed by atoms with Gasteiger partial charge in [-0.3, -0.25) is 19.3 Å². The van der Waals surface area contributed by atoms with Crippen molar-refractivity contribution in [2.45, 2.75) is 63.7 Å². The second-order valence-corrected chi connectivity index (χ2v) is 14.5. The van der Waals surface area contributed by atoms with Crippen LogP contribution in [0.25, 0.3) is 5.76 Å². The van der Waals surface area contributed by atoms with Crippen LogP contribution in [0.2, 0.25) is 0 Å². The van der Waals surface area contributed by atoms with Gasteiger partial charge in [-0.25, -0.2) is 0 Å². The predicted molar refractivity (Wildman–Crippen MR) is 200 cm³/mol. The van der Waals surface area contributed by atoms with Gasteiger partial charge in [0.2, 0.25) is 5.78 Å². The van der Waals surface area contributed by atoms with Crippen LogP contribution in [0.4, 0.5) is 17.1 Å². The smallest absolute Gasteiger partial charge is 0.255 e. The molecule has 1 amide bonds. The summed E-state index contributed by atoms with van der Waals surface area (Å²) in [6.07, 6.45) is 1.55.